The summed E-state index contributed by atoms with van der Waals surface area (Å²) in [5.41, 5.74) is 7.33. The molecule has 0 amide bonds. The van der Waals surface area contributed by atoms with Crippen LogP contribution >= 0.6 is 0 Å². The van der Waals surface area contributed by atoms with E-state index in [0.29, 0.717) is 5.76 Å². The predicted octanol–water partition coefficient (Wildman–Crippen LogP) is 0.854. The number of carbonyl (C=O) groups is 1. The maximum atomic E-state index is 11.0. The number of aryl methyl sites for hydroxylation is 2. The zero-order valence-electron chi connectivity index (χ0n) is 8.53. The van der Waals surface area contributed by atoms with Crippen molar-refractivity contribution in [2.45, 2.75) is 26.3 Å². The van der Waals surface area contributed by atoms with Gasteiger partial charge in [0.2, 0.25) is 0 Å². The molecule has 5 heteroatoms. The Kier molecular flexibility index (Phi) is 3.24. The molecule has 0 saturated heterocycles. The molecule has 2 N–H and O–H groups in total. The highest BCUT2D eigenvalue weighted by Gasteiger charge is 2.19. The Morgan fingerprint density at radius 1 is 1.64 bits per heavy atom. The van der Waals surface area contributed by atoms with Crippen molar-refractivity contribution in [1.82, 2.24) is 5.16 Å². The summed E-state index contributed by atoms with van der Waals surface area (Å²) in [6.07, 6.45) is 0.138. The molecule has 0 aliphatic rings. The van der Waals surface area contributed by atoms with Gasteiger partial charge in [-0.25, -0.2) is 0 Å². The minimum Gasteiger partial charge on any atom is -0.469 e. The van der Waals surface area contributed by atoms with Gasteiger partial charge in [0.15, 0.2) is 0 Å². The van der Waals surface area contributed by atoms with E-state index >= 15 is 0 Å². The Morgan fingerprint density at radius 2 is 2.29 bits per heavy atom. The number of nitrogens with two attached hydrogens (primary N) is 1. The number of ether oxygens (including phenoxy) is 1. The number of rotatable bonds is 3. The summed E-state index contributed by atoms with van der Waals surface area (Å²) in [6, 6.07) is -0.409. The van der Waals surface area contributed by atoms with E-state index in [4.69, 9.17) is 10.3 Å². The molecule has 0 aliphatic carbocycles. The number of esters is 1. The average molecular weight is 198 g/mol. The fourth-order valence-electron chi connectivity index (χ4n) is 1.38. The number of hydrogen-bond donors (Lipinski definition) is 1. The second-order valence-corrected chi connectivity index (χ2v) is 3.12. The summed E-state index contributed by atoms with van der Waals surface area (Å²) in [7, 11) is 1.34. The van der Waals surface area contributed by atoms with Gasteiger partial charge in [0.25, 0.3) is 0 Å². The third-order valence-corrected chi connectivity index (χ3v) is 2.07. The summed E-state index contributed by atoms with van der Waals surface area (Å²) in [6.45, 7) is 3.56. The van der Waals surface area contributed by atoms with Gasteiger partial charge in [-0.2, -0.15) is 0 Å². The second kappa shape index (κ2) is 4.23. The van der Waals surface area contributed by atoms with E-state index in [0.717, 1.165) is 11.3 Å². The molecule has 1 aromatic heterocycles. The Morgan fingerprint density at radius 3 is 2.71 bits per heavy atom. The maximum absolute atomic E-state index is 11.0. The lowest BCUT2D eigenvalue weighted by Crippen LogP contribution is -2.17. The first-order chi connectivity index (χ1) is 6.56. The lowest BCUT2D eigenvalue weighted by atomic mass is 10.0. The standard InChI is InChI=1S/C9H14N2O3/c1-5-9(6(2)14-11-5)7(10)4-8(12)13-3/h7H,4,10H2,1-3H3/t7-/m0/s1. The molecular formula is C9H14N2O3. The molecule has 0 fully saturated rings. The molecule has 5 nitrogen and oxygen atoms in total. The van der Waals surface area contributed by atoms with Crippen LogP contribution in [0.2, 0.25) is 0 Å². The monoisotopic (exact) mass is 198 g/mol. The van der Waals surface area contributed by atoms with Crippen molar-refractivity contribution < 1.29 is 14.1 Å². The highest BCUT2D eigenvalue weighted by molar-refractivity contribution is 5.70. The molecule has 0 unspecified atom stereocenters. The van der Waals surface area contributed by atoms with Crippen LogP contribution in [0.4, 0.5) is 0 Å². The van der Waals surface area contributed by atoms with Gasteiger partial charge in [0.05, 0.1) is 19.2 Å². The molecule has 0 spiro atoms. The molecule has 0 radical (unpaired) electrons. The third kappa shape index (κ3) is 2.11. The first kappa shape index (κ1) is 10.7. The molecule has 1 rings (SSSR count). The smallest absolute Gasteiger partial charge is 0.307 e. The van der Waals surface area contributed by atoms with Gasteiger partial charge in [0.1, 0.15) is 5.76 Å². The predicted molar refractivity (Wildman–Crippen MR) is 49.5 cm³/mol. The summed E-state index contributed by atoms with van der Waals surface area (Å²) < 4.78 is 9.48. The number of hydrogen-bond acceptors (Lipinski definition) is 5. The van der Waals surface area contributed by atoms with Crippen LogP contribution in [0.1, 0.15) is 29.5 Å². The van der Waals surface area contributed by atoms with Crippen molar-refractivity contribution in [3.63, 3.8) is 0 Å². The molecule has 0 aromatic carbocycles. The van der Waals surface area contributed by atoms with Gasteiger partial charge in [-0.3, -0.25) is 4.79 Å². The van der Waals surface area contributed by atoms with Gasteiger partial charge in [0, 0.05) is 11.6 Å². The third-order valence-electron chi connectivity index (χ3n) is 2.07. The normalized spacial score (nSPS) is 12.6. The first-order valence-corrected chi connectivity index (χ1v) is 4.31. The van der Waals surface area contributed by atoms with Crippen LogP contribution in [-0.2, 0) is 9.53 Å². The van der Waals surface area contributed by atoms with Crippen molar-refractivity contribution >= 4 is 5.97 Å². The average Bonchev–Trinajstić information content (AvgIpc) is 2.46. The summed E-state index contributed by atoms with van der Waals surface area (Å²) >= 11 is 0. The number of nitrogens with zero attached hydrogens (tertiary/aromatic N) is 1. The quantitative estimate of drug-likeness (QED) is 0.728. The van der Waals surface area contributed by atoms with E-state index in [9.17, 15) is 4.79 Å². The molecule has 0 aliphatic heterocycles. The second-order valence-electron chi connectivity index (χ2n) is 3.12. The van der Waals surface area contributed by atoms with Crippen molar-refractivity contribution in [3.8, 4) is 0 Å². The number of carbonyl (C=O) groups excluding carboxylic acids is 1. The topological polar surface area (TPSA) is 78.4 Å². The Labute approximate surface area is 82.2 Å². The highest BCUT2D eigenvalue weighted by Crippen LogP contribution is 2.21. The van der Waals surface area contributed by atoms with Crippen molar-refractivity contribution in [3.05, 3.63) is 17.0 Å². The molecule has 78 valence electrons. The largest absolute Gasteiger partial charge is 0.469 e. The van der Waals surface area contributed by atoms with E-state index in [2.05, 4.69) is 9.89 Å². The molecule has 0 saturated carbocycles. The Bertz CT molecular complexity index is 313. The zero-order chi connectivity index (χ0) is 10.7. The fraction of sp³-hybridized carbons (Fsp3) is 0.556. The van der Waals surface area contributed by atoms with E-state index in [1.54, 1.807) is 13.8 Å². The lowest BCUT2D eigenvalue weighted by Gasteiger charge is -2.08. The molecule has 1 atom stereocenters. The molecule has 14 heavy (non-hydrogen) atoms. The number of aromatic nitrogens is 1. The van der Waals surface area contributed by atoms with Crippen LogP contribution < -0.4 is 5.73 Å². The summed E-state index contributed by atoms with van der Waals surface area (Å²) in [4.78, 5) is 11.0. The summed E-state index contributed by atoms with van der Waals surface area (Å²) in [5, 5.41) is 3.76. The van der Waals surface area contributed by atoms with Crippen LogP contribution in [0, 0.1) is 13.8 Å². The SMILES string of the molecule is COC(=O)C[C@H](N)c1c(C)noc1C. The maximum Gasteiger partial charge on any atom is 0.307 e. The van der Waals surface area contributed by atoms with Crippen LogP contribution in [0.5, 0.6) is 0 Å². The van der Waals surface area contributed by atoms with E-state index in [-0.39, 0.29) is 12.4 Å². The van der Waals surface area contributed by atoms with Crippen LogP contribution in [-0.4, -0.2) is 18.2 Å². The lowest BCUT2D eigenvalue weighted by molar-refractivity contribution is -0.141. The van der Waals surface area contributed by atoms with Crippen LogP contribution in [0.25, 0.3) is 0 Å². The van der Waals surface area contributed by atoms with Crippen molar-refractivity contribution in [2.24, 2.45) is 5.73 Å². The first-order valence-electron chi connectivity index (χ1n) is 4.31. The molecular weight excluding hydrogens is 184 g/mol. The van der Waals surface area contributed by atoms with Gasteiger partial charge < -0.3 is 15.0 Å². The van der Waals surface area contributed by atoms with Gasteiger partial charge in [-0.1, -0.05) is 5.16 Å². The minimum atomic E-state index is -0.409. The van der Waals surface area contributed by atoms with Gasteiger partial charge >= 0.3 is 5.97 Å². The van der Waals surface area contributed by atoms with E-state index < -0.39 is 6.04 Å². The highest BCUT2D eigenvalue weighted by atomic mass is 16.5. The molecule has 1 aromatic rings. The van der Waals surface area contributed by atoms with Gasteiger partial charge in [-0.15, -0.1) is 0 Å². The van der Waals surface area contributed by atoms with E-state index in [1.165, 1.54) is 7.11 Å². The summed E-state index contributed by atoms with van der Waals surface area (Å²) in [5.74, 6) is 0.316. The Balaban J connectivity index is 2.78. The molecule has 1 heterocycles. The zero-order valence-corrected chi connectivity index (χ0v) is 8.53. The minimum absolute atomic E-state index is 0.138. The van der Waals surface area contributed by atoms with Crippen molar-refractivity contribution in [2.75, 3.05) is 7.11 Å². The van der Waals surface area contributed by atoms with Crippen molar-refractivity contribution in [1.29, 1.82) is 0 Å². The fourth-order valence-corrected chi connectivity index (χ4v) is 1.38. The van der Waals surface area contributed by atoms with Gasteiger partial charge in [-0.05, 0) is 13.8 Å². The number of methoxy groups -OCH3 is 1. The van der Waals surface area contributed by atoms with Crippen LogP contribution in [0.15, 0.2) is 4.52 Å². The van der Waals surface area contributed by atoms with Crippen LogP contribution in [0.3, 0.4) is 0 Å². The molecule has 0 bridgehead atoms. The Hall–Kier alpha value is -1.36. The van der Waals surface area contributed by atoms with E-state index in [1.807, 2.05) is 0 Å².